The Morgan fingerprint density at radius 2 is 1.87 bits per heavy atom. The molecular weight excluding hydrogens is 492 g/mol. The molecular formula is C29H36O9. The summed E-state index contributed by atoms with van der Waals surface area (Å²) in [5.41, 5.74) is -1.76. The Hall–Kier alpha value is -2.30. The van der Waals surface area contributed by atoms with E-state index in [1.54, 1.807) is 6.08 Å². The zero-order valence-corrected chi connectivity index (χ0v) is 22.1. The smallest absolute Gasteiger partial charge is 0.331 e. The summed E-state index contributed by atoms with van der Waals surface area (Å²) in [5.74, 6) is -1.10. The van der Waals surface area contributed by atoms with Crippen LogP contribution in [0.5, 0.6) is 0 Å². The van der Waals surface area contributed by atoms with Crippen LogP contribution >= 0.6 is 0 Å². The van der Waals surface area contributed by atoms with Crippen molar-refractivity contribution < 1.29 is 43.5 Å². The van der Waals surface area contributed by atoms with E-state index in [0.29, 0.717) is 31.4 Å². The first-order chi connectivity index (χ1) is 18.1. The van der Waals surface area contributed by atoms with Crippen molar-refractivity contribution in [1.82, 2.24) is 0 Å². The number of carbonyl (C=O) groups is 2. The lowest BCUT2D eigenvalue weighted by molar-refractivity contribution is -0.232. The number of fused-ring (bicyclic) bond motifs is 2. The van der Waals surface area contributed by atoms with Crippen molar-refractivity contribution in [1.29, 1.82) is 0 Å². The first-order valence-corrected chi connectivity index (χ1v) is 13.5. The number of allylic oxidation sites excluding steroid dienone is 3. The van der Waals surface area contributed by atoms with Gasteiger partial charge in [-0.25, -0.2) is 9.59 Å². The fraction of sp³-hybridized carbons (Fsp3) is 0.655. The predicted octanol–water partition coefficient (Wildman–Crippen LogP) is 2.07. The SMILES string of the molecule is CC1=C[C@H]2O[C@@H]3CC4OC(=O)/C=C\C=C/[C@@]5([C@H](C)O)OCC/C(=C/C(=O)OC[C@@]2(CC1)[C@]4(C)[C@]31CO1)[C@H]5O. The van der Waals surface area contributed by atoms with Crippen molar-refractivity contribution in [3.8, 4) is 0 Å². The van der Waals surface area contributed by atoms with Gasteiger partial charge in [0.2, 0.25) is 0 Å². The zero-order chi connectivity index (χ0) is 26.9. The lowest BCUT2D eigenvalue weighted by atomic mass is 9.51. The molecule has 38 heavy (non-hydrogen) atoms. The standard InChI is InChI=1S/C29H36O9/c1-17-7-10-27-15-34-24(32)13-19-8-11-35-28(18(2)30,25(19)33)9-5-4-6-23(31)38-20-14-22(37-21(27)12-17)29(16-36-29)26(20,27)3/h4-6,9,12-13,18,20-22,25,30,33H,7-8,10-11,14-16H2,1-3H3/b6-4-,9-5-,19-13-/t18-,20?,21+,22+,25+,26+,27+,28-,29-/m0/s1. The minimum atomic E-state index is -1.47. The molecule has 4 aliphatic heterocycles. The van der Waals surface area contributed by atoms with Crippen molar-refractivity contribution in [2.45, 2.75) is 88.2 Å². The molecule has 9 heteroatoms. The Morgan fingerprint density at radius 3 is 2.61 bits per heavy atom. The maximum absolute atomic E-state index is 13.2. The summed E-state index contributed by atoms with van der Waals surface area (Å²) in [7, 11) is 0. The fourth-order valence-corrected chi connectivity index (χ4v) is 7.68. The van der Waals surface area contributed by atoms with Crippen LogP contribution in [0.1, 0.15) is 46.5 Å². The van der Waals surface area contributed by atoms with E-state index in [4.69, 9.17) is 23.7 Å². The van der Waals surface area contributed by atoms with Crippen LogP contribution in [0.2, 0.25) is 0 Å². The Kier molecular flexibility index (Phi) is 6.05. The molecule has 2 N–H and O–H groups in total. The lowest BCUT2D eigenvalue weighted by Crippen LogP contribution is -2.66. The van der Waals surface area contributed by atoms with Gasteiger partial charge in [-0.2, -0.15) is 0 Å². The number of rotatable bonds is 1. The van der Waals surface area contributed by atoms with Gasteiger partial charge in [-0.1, -0.05) is 30.7 Å². The highest BCUT2D eigenvalue weighted by atomic mass is 16.6. The first kappa shape index (κ1) is 26.0. The molecule has 2 spiro atoms. The third-order valence-corrected chi connectivity index (χ3v) is 10.1. The Labute approximate surface area is 222 Å². The highest BCUT2D eigenvalue weighted by Gasteiger charge is 2.83. The van der Waals surface area contributed by atoms with Gasteiger partial charge in [0.25, 0.3) is 0 Å². The molecule has 4 bridgehead atoms. The molecule has 206 valence electrons. The van der Waals surface area contributed by atoms with E-state index in [-0.39, 0.29) is 25.4 Å². The maximum atomic E-state index is 13.2. The van der Waals surface area contributed by atoms with E-state index in [1.807, 2.05) is 0 Å². The monoisotopic (exact) mass is 528 g/mol. The molecule has 4 fully saturated rings. The van der Waals surface area contributed by atoms with Crippen LogP contribution in [-0.2, 0) is 33.3 Å². The van der Waals surface area contributed by atoms with Gasteiger partial charge in [0.05, 0.1) is 36.9 Å². The number of epoxide rings is 1. The number of carbonyl (C=O) groups excluding carboxylic acids is 2. The normalized spacial score (nSPS) is 50.0. The lowest BCUT2D eigenvalue weighted by Gasteiger charge is -2.58. The Bertz CT molecular complexity index is 1150. The molecule has 1 unspecified atom stereocenters. The summed E-state index contributed by atoms with van der Waals surface area (Å²) in [6.45, 7) is 6.43. The molecule has 4 heterocycles. The number of aliphatic hydroxyl groups excluding tert-OH is 2. The largest absolute Gasteiger partial charge is 0.462 e. The van der Waals surface area contributed by atoms with Gasteiger partial charge in [-0.15, -0.1) is 0 Å². The van der Waals surface area contributed by atoms with Gasteiger partial charge in [0.15, 0.2) is 0 Å². The number of aliphatic hydroxyl groups is 2. The van der Waals surface area contributed by atoms with Crippen LogP contribution in [0.4, 0.5) is 0 Å². The van der Waals surface area contributed by atoms with E-state index >= 15 is 0 Å². The molecule has 2 aliphatic carbocycles. The van der Waals surface area contributed by atoms with Crippen LogP contribution < -0.4 is 0 Å². The summed E-state index contributed by atoms with van der Waals surface area (Å²) >= 11 is 0. The average molecular weight is 529 g/mol. The molecule has 0 radical (unpaired) electrons. The topological polar surface area (TPSA) is 124 Å². The van der Waals surface area contributed by atoms with Crippen molar-refractivity contribution in [3.05, 3.63) is 47.6 Å². The van der Waals surface area contributed by atoms with Crippen LogP contribution in [0, 0.1) is 10.8 Å². The van der Waals surface area contributed by atoms with Gasteiger partial charge in [0.1, 0.15) is 30.0 Å². The van der Waals surface area contributed by atoms with Gasteiger partial charge >= 0.3 is 11.9 Å². The molecule has 1 saturated carbocycles. The van der Waals surface area contributed by atoms with Crippen LogP contribution in [0.3, 0.4) is 0 Å². The zero-order valence-electron chi connectivity index (χ0n) is 22.1. The first-order valence-electron chi connectivity index (χ1n) is 13.5. The summed E-state index contributed by atoms with van der Waals surface area (Å²) in [5, 5.41) is 21.7. The Morgan fingerprint density at radius 1 is 1.08 bits per heavy atom. The van der Waals surface area contributed by atoms with Gasteiger partial charge in [0, 0.05) is 24.0 Å². The summed E-state index contributed by atoms with van der Waals surface area (Å²) in [4.78, 5) is 26.2. The molecule has 6 aliphatic rings. The molecule has 0 amide bonds. The molecule has 0 aromatic carbocycles. The molecule has 0 aromatic heterocycles. The van der Waals surface area contributed by atoms with Crippen molar-refractivity contribution in [2.75, 3.05) is 19.8 Å². The quantitative estimate of drug-likeness (QED) is 0.299. The summed E-state index contributed by atoms with van der Waals surface area (Å²) < 4.78 is 30.6. The van der Waals surface area contributed by atoms with Gasteiger partial charge in [-0.3, -0.25) is 0 Å². The van der Waals surface area contributed by atoms with Gasteiger partial charge in [-0.05, 0) is 44.8 Å². The average Bonchev–Trinajstić information content (AvgIpc) is 3.65. The maximum Gasteiger partial charge on any atom is 0.331 e. The van der Waals surface area contributed by atoms with E-state index in [2.05, 4.69) is 19.9 Å². The molecule has 9 atom stereocenters. The Balaban J connectivity index is 1.44. The van der Waals surface area contributed by atoms with Crippen molar-refractivity contribution >= 4 is 11.9 Å². The number of esters is 2. The van der Waals surface area contributed by atoms with Crippen molar-refractivity contribution in [2.24, 2.45) is 10.8 Å². The summed E-state index contributed by atoms with van der Waals surface area (Å²) in [6, 6.07) is 0. The second kappa shape index (κ2) is 8.86. The predicted molar refractivity (Wildman–Crippen MR) is 134 cm³/mol. The molecule has 6 rings (SSSR count). The third-order valence-electron chi connectivity index (χ3n) is 10.1. The number of hydrogen-bond donors (Lipinski definition) is 2. The third kappa shape index (κ3) is 3.48. The second-order valence-corrected chi connectivity index (χ2v) is 11.8. The van der Waals surface area contributed by atoms with E-state index in [9.17, 15) is 19.8 Å². The minimum absolute atomic E-state index is 0.0519. The summed E-state index contributed by atoms with van der Waals surface area (Å²) in [6.07, 6.45) is 8.21. The fourth-order valence-electron chi connectivity index (χ4n) is 7.68. The molecule has 0 aromatic rings. The molecule has 3 saturated heterocycles. The second-order valence-electron chi connectivity index (χ2n) is 11.8. The van der Waals surface area contributed by atoms with E-state index in [0.717, 1.165) is 6.42 Å². The van der Waals surface area contributed by atoms with Crippen LogP contribution in [0.15, 0.2) is 47.6 Å². The highest BCUT2D eigenvalue weighted by Crippen LogP contribution is 2.72. The number of hydrogen-bond acceptors (Lipinski definition) is 9. The van der Waals surface area contributed by atoms with E-state index in [1.165, 1.54) is 36.8 Å². The highest BCUT2D eigenvalue weighted by molar-refractivity contribution is 5.83. The van der Waals surface area contributed by atoms with Crippen LogP contribution in [0.25, 0.3) is 0 Å². The number of cyclic esters (lactones) is 1. The van der Waals surface area contributed by atoms with E-state index < -0.39 is 52.3 Å². The number of ether oxygens (including phenoxy) is 5. The van der Waals surface area contributed by atoms with Crippen LogP contribution in [-0.4, -0.2) is 83.7 Å². The minimum Gasteiger partial charge on any atom is -0.462 e. The van der Waals surface area contributed by atoms with Gasteiger partial charge < -0.3 is 33.9 Å². The van der Waals surface area contributed by atoms with Crippen molar-refractivity contribution in [3.63, 3.8) is 0 Å². The molecule has 9 nitrogen and oxygen atoms in total.